The van der Waals surface area contributed by atoms with Gasteiger partial charge >= 0.3 is 0 Å². The van der Waals surface area contributed by atoms with E-state index in [-0.39, 0.29) is 17.7 Å². The van der Waals surface area contributed by atoms with Crippen molar-refractivity contribution < 1.29 is 22.4 Å². The molecule has 0 aliphatic carbocycles. The van der Waals surface area contributed by atoms with Crippen LogP contribution in [0, 0.1) is 23.3 Å². The summed E-state index contributed by atoms with van der Waals surface area (Å²) in [5.41, 5.74) is 6.34. The average molecular weight is 372 g/mol. The maximum absolute atomic E-state index is 14.2. The van der Waals surface area contributed by atoms with Gasteiger partial charge in [-0.2, -0.15) is 0 Å². The van der Waals surface area contributed by atoms with Gasteiger partial charge in [0.1, 0.15) is 11.6 Å². The molecule has 0 bridgehead atoms. The normalized spacial score (nSPS) is 11.4. The number of carbonyl (C=O) groups excluding carboxylic acids is 1. The maximum atomic E-state index is 14.2. The van der Waals surface area contributed by atoms with Crippen molar-refractivity contribution in [2.75, 3.05) is 0 Å². The minimum Gasteiger partial charge on any atom is -0.366 e. The van der Waals surface area contributed by atoms with Crippen LogP contribution in [0.2, 0.25) is 0 Å². The summed E-state index contributed by atoms with van der Waals surface area (Å²) in [7, 11) is 0. The molecule has 4 aromatic rings. The summed E-state index contributed by atoms with van der Waals surface area (Å²) < 4.78 is 56.7. The number of rotatable bonds is 3. The number of nitrogens with two attached hydrogens (primary N) is 1. The summed E-state index contributed by atoms with van der Waals surface area (Å²) in [5.74, 6) is -4.60. The predicted molar refractivity (Wildman–Crippen MR) is 93.3 cm³/mol. The number of carbonyl (C=O) groups is 1. The van der Waals surface area contributed by atoms with Gasteiger partial charge in [-0.1, -0.05) is 6.07 Å². The lowest BCUT2D eigenvalue weighted by Crippen LogP contribution is -2.11. The summed E-state index contributed by atoms with van der Waals surface area (Å²) in [4.78, 5) is 11.8. The minimum atomic E-state index is -1.30. The Kier molecular flexibility index (Phi) is 3.87. The van der Waals surface area contributed by atoms with Crippen molar-refractivity contribution in [3.8, 4) is 0 Å². The molecule has 0 aliphatic heterocycles. The fourth-order valence-electron chi connectivity index (χ4n) is 3.39. The first-order chi connectivity index (χ1) is 12.9. The van der Waals surface area contributed by atoms with E-state index in [4.69, 9.17) is 5.73 Å². The molecule has 0 saturated heterocycles. The summed E-state index contributed by atoms with van der Waals surface area (Å²) in [6.45, 7) is -0.214. The van der Waals surface area contributed by atoms with E-state index in [2.05, 4.69) is 0 Å². The van der Waals surface area contributed by atoms with Crippen LogP contribution in [0.3, 0.4) is 0 Å². The molecule has 7 heteroatoms. The number of primary amides is 1. The third-order valence-corrected chi connectivity index (χ3v) is 4.51. The standard InChI is InChI=1S/C20H12F4N2O/c21-11-4-5-16-14(7-11)18-13(20(25)27)2-1-3-17(18)26(16)9-10-6-12(22)8-15(23)19(10)24/h1-8H,9H2,(H2,25,27). The molecule has 3 nitrogen and oxygen atoms in total. The molecule has 136 valence electrons. The number of halogens is 4. The molecule has 0 atom stereocenters. The third-order valence-electron chi connectivity index (χ3n) is 4.51. The van der Waals surface area contributed by atoms with Crippen LogP contribution >= 0.6 is 0 Å². The Bertz CT molecular complexity index is 1230. The second-order valence-corrected chi connectivity index (χ2v) is 6.17. The highest BCUT2D eigenvalue weighted by molar-refractivity contribution is 6.17. The zero-order chi connectivity index (χ0) is 19.3. The first-order valence-corrected chi connectivity index (χ1v) is 8.00. The average Bonchev–Trinajstić information content (AvgIpc) is 2.92. The van der Waals surface area contributed by atoms with E-state index in [1.54, 1.807) is 16.7 Å². The second kappa shape index (κ2) is 6.12. The summed E-state index contributed by atoms with van der Waals surface area (Å²) in [6, 6.07) is 10.0. The van der Waals surface area contributed by atoms with Crippen LogP contribution in [-0.2, 0) is 6.54 Å². The number of nitrogens with zero attached hydrogens (tertiary/aromatic N) is 1. The molecule has 1 aromatic heterocycles. The van der Waals surface area contributed by atoms with Crippen LogP contribution in [0.15, 0.2) is 48.5 Å². The topological polar surface area (TPSA) is 48.0 Å². The van der Waals surface area contributed by atoms with Gasteiger partial charge in [0.25, 0.3) is 0 Å². The first kappa shape index (κ1) is 17.1. The van der Waals surface area contributed by atoms with Crippen molar-refractivity contribution in [1.82, 2.24) is 4.57 Å². The van der Waals surface area contributed by atoms with E-state index in [1.807, 2.05) is 0 Å². The molecule has 27 heavy (non-hydrogen) atoms. The van der Waals surface area contributed by atoms with Gasteiger partial charge in [-0.25, -0.2) is 17.6 Å². The largest absolute Gasteiger partial charge is 0.366 e. The summed E-state index contributed by atoms with van der Waals surface area (Å²) >= 11 is 0. The Hall–Kier alpha value is -3.35. The smallest absolute Gasteiger partial charge is 0.249 e. The fourth-order valence-corrected chi connectivity index (χ4v) is 3.39. The van der Waals surface area contributed by atoms with Crippen LogP contribution in [0.25, 0.3) is 21.8 Å². The van der Waals surface area contributed by atoms with Gasteiger partial charge in [0.15, 0.2) is 11.6 Å². The highest BCUT2D eigenvalue weighted by Gasteiger charge is 2.19. The number of fused-ring (bicyclic) bond motifs is 3. The van der Waals surface area contributed by atoms with E-state index in [0.717, 1.165) is 6.07 Å². The lowest BCUT2D eigenvalue weighted by atomic mass is 10.1. The third kappa shape index (κ3) is 2.71. The Balaban J connectivity index is 2.06. The molecule has 2 N–H and O–H groups in total. The van der Waals surface area contributed by atoms with Gasteiger partial charge in [0.2, 0.25) is 5.91 Å². The number of hydrogen-bond acceptors (Lipinski definition) is 1. The van der Waals surface area contributed by atoms with E-state index in [9.17, 15) is 22.4 Å². The molecule has 0 spiro atoms. The molecule has 4 rings (SSSR count). The minimum absolute atomic E-state index is 0.174. The Morgan fingerprint density at radius 3 is 2.44 bits per heavy atom. The van der Waals surface area contributed by atoms with Gasteiger partial charge in [-0.15, -0.1) is 0 Å². The molecule has 0 fully saturated rings. The molecule has 0 unspecified atom stereocenters. The van der Waals surface area contributed by atoms with Crippen LogP contribution < -0.4 is 5.73 Å². The van der Waals surface area contributed by atoms with E-state index in [1.165, 1.54) is 24.3 Å². The van der Waals surface area contributed by atoms with E-state index < -0.39 is 29.2 Å². The number of benzene rings is 3. The summed E-state index contributed by atoms with van der Waals surface area (Å²) in [5, 5.41) is 0.800. The quantitative estimate of drug-likeness (QED) is 0.418. The van der Waals surface area contributed by atoms with Crippen LogP contribution in [0.1, 0.15) is 15.9 Å². The highest BCUT2D eigenvalue weighted by atomic mass is 19.2. The van der Waals surface area contributed by atoms with Crippen LogP contribution in [0.5, 0.6) is 0 Å². The van der Waals surface area contributed by atoms with Crippen LogP contribution in [0.4, 0.5) is 17.6 Å². The van der Waals surface area contributed by atoms with Gasteiger partial charge < -0.3 is 10.3 Å². The Morgan fingerprint density at radius 1 is 0.926 bits per heavy atom. The van der Waals surface area contributed by atoms with Gasteiger partial charge in [0.05, 0.1) is 12.1 Å². The van der Waals surface area contributed by atoms with Crippen LogP contribution in [-0.4, -0.2) is 10.5 Å². The lowest BCUT2D eigenvalue weighted by Gasteiger charge is -2.10. The molecular weight excluding hydrogens is 360 g/mol. The zero-order valence-electron chi connectivity index (χ0n) is 13.8. The second-order valence-electron chi connectivity index (χ2n) is 6.17. The van der Waals surface area contributed by atoms with Crippen molar-refractivity contribution in [2.45, 2.75) is 6.54 Å². The number of amides is 1. The Labute approximate surface area is 150 Å². The van der Waals surface area contributed by atoms with Crippen molar-refractivity contribution in [3.63, 3.8) is 0 Å². The van der Waals surface area contributed by atoms with Gasteiger partial charge in [-0.3, -0.25) is 4.79 Å². The summed E-state index contributed by atoms with van der Waals surface area (Å²) in [6.07, 6.45) is 0. The fraction of sp³-hybridized carbons (Fsp3) is 0.0500. The maximum Gasteiger partial charge on any atom is 0.249 e. The number of hydrogen-bond donors (Lipinski definition) is 1. The van der Waals surface area contributed by atoms with Crippen molar-refractivity contribution >= 4 is 27.7 Å². The van der Waals surface area contributed by atoms with E-state index >= 15 is 0 Å². The van der Waals surface area contributed by atoms with Gasteiger partial charge in [-0.05, 0) is 36.4 Å². The van der Waals surface area contributed by atoms with Crippen molar-refractivity contribution in [3.05, 3.63) is 82.9 Å². The zero-order valence-corrected chi connectivity index (χ0v) is 13.8. The first-order valence-electron chi connectivity index (χ1n) is 8.00. The lowest BCUT2D eigenvalue weighted by molar-refractivity contribution is 0.100. The molecule has 0 saturated carbocycles. The molecule has 1 amide bonds. The molecule has 0 radical (unpaired) electrons. The van der Waals surface area contributed by atoms with Gasteiger partial charge in [0, 0.05) is 33.5 Å². The molecular formula is C20H12F4N2O. The highest BCUT2D eigenvalue weighted by Crippen LogP contribution is 2.33. The predicted octanol–water partition coefficient (Wildman–Crippen LogP) is 4.50. The van der Waals surface area contributed by atoms with E-state index in [0.29, 0.717) is 27.9 Å². The Morgan fingerprint density at radius 2 is 1.70 bits per heavy atom. The molecule has 1 heterocycles. The number of aromatic nitrogens is 1. The molecule has 3 aromatic carbocycles. The van der Waals surface area contributed by atoms with Crippen molar-refractivity contribution in [1.29, 1.82) is 0 Å². The SMILES string of the molecule is NC(=O)c1cccc2c1c1cc(F)ccc1n2Cc1cc(F)cc(F)c1F. The van der Waals surface area contributed by atoms with Crippen molar-refractivity contribution in [2.24, 2.45) is 5.73 Å². The molecule has 0 aliphatic rings. The monoisotopic (exact) mass is 372 g/mol.